The van der Waals surface area contributed by atoms with Gasteiger partial charge in [0.15, 0.2) is 12.4 Å². The van der Waals surface area contributed by atoms with E-state index in [9.17, 15) is 19.1 Å². The van der Waals surface area contributed by atoms with Gasteiger partial charge in [0.25, 0.3) is 0 Å². The van der Waals surface area contributed by atoms with Crippen molar-refractivity contribution in [3.63, 3.8) is 0 Å². The highest BCUT2D eigenvalue weighted by atomic mass is 35.5. The van der Waals surface area contributed by atoms with Gasteiger partial charge in [0.05, 0.1) is 10.6 Å². The topological polar surface area (TPSA) is 89.6 Å². The largest absolute Gasteiger partial charge is 0.477 e. The number of esters is 1. The number of carbonyl (C=O) groups is 2. The van der Waals surface area contributed by atoms with E-state index in [1.54, 1.807) is 0 Å². The second-order valence-electron chi connectivity index (χ2n) is 4.01. The summed E-state index contributed by atoms with van der Waals surface area (Å²) < 4.78 is 23.4. The molecular formula is C13H9ClFNO5. The number of halogens is 2. The van der Waals surface area contributed by atoms with Crippen molar-refractivity contribution in [1.29, 1.82) is 0 Å². The van der Waals surface area contributed by atoms with Crippen LogP contribution in [0.3, 0.4) is 0 Å². The Morgan fingerprint density at radius 3 is 2.76 bits per heavy atom. The van der Waals surface area contributed by atoms with Crippen LogP contribution < -0.4 is 0 Å². The number of benzene rings is 1. The molecule has 0 fully saturated rings. The Kier molecular flexibility index (Phi) is 4.23. The number of nitrogens with zero attached hydrogens (tertiary/aromatic N) is 1. The van der Waals surface area contributed by atoms with Crippen LogP contribution in [-0.4, -0.2) is 22.2 Å². The molecule has 1 heterocycles. The van der Waals surface area contributed by atoms with Crippen LogP contribution in [0.4, 0.5) is 4.39 Å². The molecule has 8 heteroatoms. The first-order valence-electron chi connectivity index (χ1n) is 5.71. The SMILES string of the molecule is CC(=O)OCc1onc(-c2c(F)cccc2Cl)c1C(=O)O. The maximum atomic E-state index is 13.9. The monoisotopic (exact) mass is 313 g/mol. The standard InChI is InChI=1S/C13H9ClFNO5/c1-6(17)20-5-9-11(13(18)19)12(16-21-9)10-7(14)3-2-4-8(10)15/h2-4H,5H2,1H3,(H,18,19). The van der Waals surface area contributed by atoms with E-state index in [0.29, 0.717) is 0 Å². The van der Waals surface area contributed by atoms with Gasteiger partial charge in [-0.2, -0.15) is 0 Å². The van der Waals surface area contributed by atoms with E-state index in [1.807, 2.05) is 0 Å². The van der Waals surface area contributed by atoms with Crippen molar-refractivity contribution < 1.29 is 28.3 Å². The number of rotatable bonds is 4. The summed E-state index contributed by atoms with van der Waals surface area (Å²) in [6.45, 7) is 0.738. The summed E-state index contributed by atoms with van der Waals surface area (Å²) in [5.74, 6) is -2.95. The lowest BCUT2D eigenvalue weighted by atomic mass is 10.1. The van der Waals surface area contributed by atoms with E-state index in [-0.39, 0.29) is 22.0 Å². The number of carboxylic acids is 1. The minimum absolute atomic E-state index is 0.00941. The number of ether oxygens (including phenoxy) is 1. The molecule has 0 aliphatic rings. The minimum atomic E-state index is -1.40. The number of carbonyl (C=O) groups excluding carboxylic acids is 1. The molecule has 0 spiro atoms. The molecular weight excluding hydrogens is 305 g/mol. The van der Waals surface area contributed by atoms with Crippen LogP contribution in [0, 0.1) is 5.82 Å². The zero-order chi connectivity index (χ0) is 15.6. The van der Waals surface area contributed by atoms with Crippen LogP contribution in [0.15, 0.2) is 22.7 Å². The fourth-order valence-corrected chi connectivity index (χ4v) is 1.96. The molecule has 2 aromatic rings. The summed E-state index contributed by atoms with van der Waals surface area (Å²) >= 11 is 5.88. The molecule has 0 unspecified atom stereocenters. The second kappa shape index (κ2) is 5.92. The first-order valence-corrected chi connectivity index (χ1v) is 6.09. The van der Waals surface area contributed by atoms with Gasteiger partial charge in [-0.15, -0.1) is 0 Å². The lowest BCUT2D eigenvalue weighted by Gasteiger charge is -2.03. The van der Waals surface area contributed by atoms with Gasteiger partial charge in [-0.1, -0.05) is 22.8 Å². The molecule has 2 rings (SSSR count). The first kappa shape index (κ1) is 15.0. The lowest BCUT2D eigenvalue weighted by molar-refractivity contribution is -0.142. The van der Waals surface area contributed by atoms with E-state index >= 15 is 0 Å². The molecule has 110 valence electrons. The Morgan fingerprint density at radius 2 is 2.19 bits per heavy atom. The first-order chi connectivity index (χ1) is 9.91. The van der Waals surface area contributed by atoms with E-state index < -0.39 is 29.9 Å². The normalized spacial score (nSPS) is 10.4. The van der Waals surface area contributed by atoms with Gasteiger partial charge in [-0.3, -0.25) is 4.79 Å². The Balaban J connectivity index is 2.55. The maximum absolute atomic E-state index is 13.9. The van der Waals surface area contributed by atoms with Crippen LogP contribution in [0.5, 0.6) is 0 Å². The Labute approximate surface area is 123 Å². The molecule has 0 aliphatic heterocycles. The van der Waals surface area contributed by atoms with Crippen molar-refractivity contribution in [3.8, 4) is 11.3 Å². The van der Waals surface area contributed by atoms with Crippen LogP contribution in [-0.2, 0) is 16.1 Å². The predicted octanol–water partition coefficient (Wildman–Crippen LogP) is 2.90. The Bertz CT molecular complexity index is 692. The molecule has 1 N–H and O–H groups in total. The fourth-order valence-electron chi connectivity index (χ4n) is 1.71. The van der Waals surface area contributed by atoms with Crippen LogP contribution in [0.2, 0.25) is 5.02 Å². The molecule has 21 heavy (non-hydrogen) atoms. The maximum Gasteiger partial charge on any atom is 0.341 e. The highest BCUT2D eigenvalue weighted by Crippen LogP contribution is 2.33. The summed E-state index contributed by atoms with van der Waals surface area (Å²) in [4.78, 5) is 22.1. The summed E-state index contributed by atoms with van der Waals surface area (Å²) in [5.41, 5.74) is -0.842. The second-order valence-corrected chi connectivity index (χ2v) is 4.42. The zero-order valence-electron chi connectivity index (χ0n) is 10.7. The Morgan fingerprint density at radius 1 is 1.48 bits per heavy atom. The summed E-state index contributed by atoms with van der Waals surface area (Å²) in [7, 11) is 0. The Hall–Kier alpha value is -2.41. The lowest BCUT2D eigenvalue weighted by Crippen LogP contribution is -2.05. The number of hydrogen-bond donors (Lipinski definition) is 1. The molecule has 0 saturated carbocycles. The van der Waals surface area contributed by atoms with E-state index in [0.717, 1.165) is 13.0 Å². The molecule has 0 bridgehead atoms. The smallest absolute Gasteiger partial charge is 0.341 e. The van der Waals surface area contributed by atoms with Crippen molar-refractivity contribution >= 4 is 23.5 Å². The quantitative estimate of drug-likeness (QED) is 0.873. The van der Waals surface area contributed by atoms with Gasteiger partial charge in [0, 0.05) is 6.92 Å². The van der Waals surface area contributed by atoms with Gasteiger partial charge in [-0.25, -0.2) is 9.18 Å². The van der Waals surface area contributed by atoms with Crippen LogP contribution in [0.1, 0.15) is 23.0 Å². The molecule has 0 aliphatic carbocycles. The van der Waals surface area contributed by atoms with Crippen molar-refractivity contribution in [1.82, 2.24) is 5.16 Å². The molecule has 0 amide bonds. The number of aromatic carboxylic acids is 1. The molecule has 1 aromatic carbocycles. The van der Waals surface area contributed by atoms with Crippen molar-refractivity contribution in [2.75, 3.05) is 0 Å². The molecule has 0 saturated heterocycles. The van der Waals surface area contributed by atoms with Gasteiger partial charge in [0.1, 0.15) is 17.1 Å². The third kappa shape index (κ3) is 3.03. The van der Waals surface area contributed by atoms with Crippen LogP contribution >= 0.6 is 11.6 Å². The third-order valence-corrected chi connectivity index (χ3v) is 2.90. The van der Waals surface area contributed by atoms with Gasteiger partial charge in [-0.05, 0) is 12.1 Å². The van der Waals surface area contributed by atoms with Gasteiger partial charge in [0.2, 0.25) is 0 Å². The third-order valence-electron chi connectivity index (χ3n) is 2.58. The van der Waals surface area contributed by atoms with Crippen molar-refractivity contribution in [2.24, 2.45) is 0 Å². The average Bonchev–Trinajstić information content (AvgIpc) is 2.80. The highest BCUT2D eigenvalue weighted by Gasteiger charge is 2.27. The molecule has 0 radical (unpaired) electrons. The van der Waals surface area contributed by atoms with E-state index in [1.165, 1.54) is 12.1 Å². The van der Waals surface area contributed by atoms with Crippen molar-refractivity contribution in [3.05, 3.63) is 40.4 Å². The molecule has 1 aromatic heterocycles. The highest BCUT2D eigenvalue weighted by molar-refractivity contribution is 6.33. The van der Waals surface area contributed by atoms with E-state index in [2.05, 4.69) is 9.89 Å². The van der Waals surface area contributed by atoms with Gasteiger partial charge < -0.3 is 14.4 Å². The number of carboxylic acid groups (broad SMARTS) is 1. The average molecular weight is 314 g/mol. The summed E-state index contributed by atoms with van der Waals surface area (Å²) in [6.07, 6.45) is 0. The summed E-state index contributed by atoms with van der Waals surface area (Å²) in [6, 6.07) is 3.89. The molecule has 6 nitrogen and oxygen atoms in total. The van der Waals surface area contributed by atoms with Gasteiger partial charge >= 0.3 is 11.9 Å². The minimum Gasteiger partial charge on any atom is -0.477 e. The number of hydrogen-bond acceptors (Lipinski definition) is 5. The summed E-state index contributed by atoms with van der Waals surface area (Å²) in [5, 5.41) is 12.8. The predicted molar refractivity (Wildman–Crippen MR) is 69.3 cm³/mol. The van der Waals surface area contributed by atoms with Crippen molar-refractivity contribution in [2.45, 2.75) is 13.5 Å². The van der Waals surface area contributed by atoms with Crippen LogP contribution in [0.25, 0.3) is 11.3 Å². The fraction of sp³-hybridized carbons (Fsp3) is 0.154. The molecule has 0 atom stereocenters. The zero-order valence-corrected chi connectivity index (χ0v) is 11.5. The number of aromatic nitrogens is 1. The van der Waals surface area contributed by atoms with E-state index in [4.69, 9.17) is 16.1 Å².